The van der Waals surface area contributed by atoms with Gasteiger partial charge in [-0.2, -0.15) is 0 Å². The number of halogens is 1. The Morgan fingerprint density at radius 1 is 1.25 bits per heavy atom. The molecule has 0 fully saturated rings. The Kier molecular flexibility index (Phi) is 5.40. The molecule has 128 valence electrons. The van der Waals surface area contributed by atoms with Gasteiger partial charge in [0.05, 0.1) is 16.7 Å². The number of nitrogens with one attached hydrogen (secondary N) is 1. The molecule has 0 heterocycles. The third-order valence-corrected chi connectivity index (χ3v) is 4.43. The number of benzene rings is 2. The van der Waals surface area contributed by atoms with Gasteiger partial charge in [0.15, 0.2) is 0 Å². The van der Waals surface area contributed by atoms with Crippen molar-refractivity contribution in [2.45, 2.75) is 11.0 Å². The SMILES string of the molecule is NS(=O)(=O)c1cc([N+](=O)[O-])ccc1NCC(O)c1ccc(Cl)cc1. The molecule has 2 aromatic rings. The zero-order valence-corrected chi connectivity index (χ0v) is 13.8. The number of sulfonamides is 1. The molecule has 1 unspecified atom stereocenters. The van der Waals surface area contributed by atoms with Crippen LogP contribution in [0.25, 0.3) is 0 Å². The minimum absolute atomic E-state index is 0.0258. The molecule has 0 spiro atoms. The maximum atomic E-state index is 11.6. The highest BCUT2D eigenvalue weighted by Crippen LogP contribution is 2.26. The van der Waals surface area contributed by atoms with Crippen molar-refractivity contribution < 1.29 is 18.4 Å². The van der Waals surface area contributed by atoms with Crippen LogP contribution in [-0.4, -0.2) is 25.0 Å². The van der Waals surface area contributed by atoms with Crippen molar-refractivity contribution in [1.82, 2.24) is 0 Å². The first-order valence-electron chi connectivity index (χ1n) is 6.67. The molecule has 0 aliphatic heterocycles. The summed E-state index contributed by atoms with van der Waals surface area (Å²) < 4.78 is 23.2. The lowest BCUT2D eigenvalue weighted by Gasteiger charge is -2.15. The summed E-state index contributed by atoms with van der Waals surface area (Å²) in [6, 6.07) is 9.73. The van der Waals surface area contributed by atoms with Gasteiger partial charge < -0.3 is 10.4 Å². The van der Waals surface area contributed by atoms with E-state index in [-0.39, 0.29) is 12.2 Å². The second-order valence-corrected chi connectivity index (χ2v) is 6.90. The summed E-state index contributed by atoms with van der Waals surface area (Å²) in [5, 5.41) is 29.2. The Morgan fingerprint density at radius 3 is 2.42 bits per heavy atom. The minimum Gasteiger partial charge on any atom is -0.387 e. The molecule has 10 heteroatoms. The standard InChI is InChI=1S/C14H14ClN3O5S/c15-10-3-1-9(2-4-10)13(19)8-17-12-6-5-11(18(20)21)7-14(12)24(16,22)23/h1-7,13,17,19H,8H2,(H2,16,22,23). The van der Waals surface area contributed by atoms with Gasteiger partial charge in [-0.25, -0.2) is 13.6 Å². The molecule has 8 nitrogen and oxygen atoms in total. The van der Waals surface area contributed by atoms with E-state index in [0.717, 1.165) is 12.1 Å². The van der Waals surface area contributed by atoms with Crippen molar-refractivity contribution in [3.63, 3.8) is 0 Å². The van der Waals surface area contributed by atoms with Crippen LogP contribution in [0.3, 0.4) is 0 Å². The van der Waals surface area contributed by atoms with Gasteiger partial charge in [-0.15, -0.1) is 0 Å². The summed E-state index contributed by atoms with van der Waals surface area (Å²) in [6.45, 7) is -0.0258. The number of anilines is 1. The molecule has 1 atom stereocenters. The molecule has 2 aromatic carbocycles. The molecule has 0 aromatic heterocycles. The van der Waals surface area contributed by atoms with Gasteiger partial charge in [0.25, 0.3) is 5.69 Å². The average molecular weight is 372 g/mol. The number of nitro benzene ring substituents is 1. The normalized spacial score (nSPS) is 12.6. The number of primary sulfonamides is 1. The second kappa shape index (κ2) is 7.14. The predicted molar refractivity (Wildman–Crippen MR) is 89.4 cm³/mol. The summed E-state index contributed by atoms with van der Waals surface area (Å²) >= 11 is 5.77. The first-order valence-corrected chi connectivity index (χ1v) is 8.59. The summed E-state index contributed by atoms with van der Waals surface area (Å²) in [4.78, 5) is 9.63. The highest BCUT2D eigenvalue weighted by atomic mass is 35.5. The number of non-ortho nitro benzene ring substituents is 1. The minimum atomic E-state index is -4.17. The summed E-state index contributed by atoms with van der Waals surface area (Å²) in [6.07, 6.45) is -0.939. The molecule has 0 amide bonds. The van der Waals surface area contributed by atoms with E-state index in [1.165, 1.54) is 6.07 Å². The smallest absolute Gasteiger partial charge is 0.270 e. The zero-order chi connectivity index (χ0) is 17.9. The van der Waals surface area contributed by atoms with Crippen molar-refractivity contribution in [2.24, 2.45) is 5.14 Å². The van der Waals surface area contributed by atoms with Crippen LogP contribution in [0.2, 0.25) is 5.02 Å². The van der Waals surface area contributed by atoms with Gasteiger partial charge in [-0.1, -0.05) is 23.7 Å². The third kappa shape index (κ3) is 4.42. The first kappa shape index (κ1) is 18.1. The van der Waals surface area contributed by atoms with Crippen LogP contribution in [0, 0.1) is 10.1 Å². The van der Waals surface area contributed by atoms with Gasteiger partial charge in [0.1, 0.15) is 4.90 Å². The van der Waals surface area contributed by atoms with Crippen LogP contribution >= 0.6 is 11.6 Å². The molecule has 0 aliphatic carbocycles. The molecule has 4 N–H and O–H groups in total. The van der Waals surface area contributed by atoms with Gasteiger partial charge >= 0.3 is 0 Å². The number of aliphatic hydroxyl groups is 1. The van der Waals surface area contributed by atoms with E-state index in [1.54, 1.807) is 24.3 Å². The van der Waals surface area contributed by atoms with Crippen LogP contribution < -0.4 is 10.5 Å². The van der Waals surface area contributed by atoms with Gasteiger partial charge in [0, 0.05) is 23.7 Å². The van der Waals surface area contributed by atoms with Crippen LogP contribution in [-0.2, 0) is 10.0 Å². The highest BCUT2D eigenvalue weighted by Gasteiger charge is 2.19. The van der Waals surface area contributed by atoms with Gasteiger partial charge in [-0.3, -0.25) is 10.1 Å². The Hall–Kier alpha value is -2.20. The van der Waals surface area contributed by atoms with Crippen molar-refractivity contribution in [1.29, 1.82) is 0 Å². The first-order chi connectivity index (χ1) is 11.2. The van der Waals surface area contributed by atoms with Gasteiger partial charge in [-0.05, 0) is 23.8 Å². The molecule has 0 bridgehead atoms. The lowest BCUT2D eigenvalue weighted by molar-refractivity contribution is -0.385. The Morgan fingerprint density at radius 2 is 1.88 bits per heavy atom. The lowest BCUT2D eigenvalue weighted by atomic mass is 10.1. The summed E-state index contributed by atoms with van der Waals surface area (Å²) in [7, 11) is -4.17. The molecular weight excluding hydrogens is 358 g/mol. The molecule has 0 saturated carbocycles. The lowest BCUT2D eigenvalue weighted by Crippen LogP contribution is -2.18. The Balaban J connectivity index is 2.23. The molecule has 0 radical (unpaired) electrons. The highest BCUT2D eigenvalue weighted by molar-refractivity contribution is 7.89. The fourth-order valence-corrected chi connectivity index (χ4v) is 2.87. The van der Waals surface area contributed by atoms with Crippen LogP contribution in [0.15, 0.2) is 47.4 Å². The number of rotatable bonds is 6. The average Bonchev–Trinajstić information content (AvgIpc) is 2.52. The summed E-state index contributed by atoms with van der Waals surface area (Å²) in [5.74, 6) is 0. The Bertz CT molecular complexity index is 855. The number of aliphatic hydroxyl groups excluding tert-OH is 1. The number of nitrogens with zero attached hydrogens (tertiary/aromatic N) is 1. The topological polar surface area (TPSA) is 136 Å². The van der Waals surface area contributed by atoms with Crippen molar-refractivity contribution in [2.75, 3.05) is 11.9 Å². The monoisotopic (exact) mass is 371 g/mol. The van der Waals surface area contributed by atoms with Gasteiger partial charge in [0.2, 0.25) is 10.0 Å². The molecule has 2 rings (SSSR count). The number of nitrogens with two attached hydrogens (primary N) is 1. The van der Waals surface area contributed by atoms with E-state index >= 15 is 0 Å². The molecular formula is C14H14ClN3O5S. The largest absolute Gasteiger partial charge is 0.387 e. The number of nitro groups is 1. The van der Waals surface area contributed by atoms with Crippen LogP contribution in [0.5, 0.6) is 0 Å². The Labute approximate surface area is 143 Å². The van der Waals surface area contributed by atoms with E-state index in [1.807, 2.05) is 0 Å². The van der Waals surface area contributed by atoms with Crippen LogP contribution in [0.4, 0.5) is 11.4 Å². The zero-order valence-electron chi connectivity index (χ0n) is 12.2. The van der Waals surface area contributed by atoms with Crippen molar-refractivity contribution >= 4 is 33.0 Å². The molecule has 0 aliphatic rings. The quantitative estimate of drug-likeness (QED) is 0.525. The fraction of sp³-hybridized carbons (Fsp3) is 0.143. The van der Waals surface area contributed by atoms with Crippen molar-refractivity contribution in [3.8, 4) is 0 Å². The predicted octanol–water partition coefficient (Wildman–Crippen LogP) is 2.04. The molecule has 0 saturated heterocycles. The van der Waals surface area contributed by atoms with E-state index in [9.17, 15) is 23.6 Å². The number of hydrogen-bond acceptors (Lipinski definition) is 6. The van der Waals surface area contributed by atoms with E-state index in [2.05, 4.69) is 5.32 Å². The maximum absolute atomic E-state index is 11.6. The number of hydrogen-bond donors (Lipinski definition) is 3. The van der Waals surface area contributed by atoms with E-state index in [0.29, 0.717) is 10.6 Å². The third-order valence-electron chi connectivity index (χ3n) is 3.22. The van der Waals surface area contributed by atoms with E-state index in [4.69, 9.17) is 16.7 Å². The van der Waals surface area contributed by atoms with E-state index < -0.39 is 31.6 Å². The van der Waals surface area contributed by atoms with Crippen LogP contribution in [0.1, 0.15) is 11.7 Å². The fourth-order valence-electron chi connectivity index (χ4n) is 2.02. The maximum Gasteiger partial charge on any atom is 0.270 e. The molecule has 24 heavy (non-hydrogen) atoms. The van der Waals surface area contributed by atoms with Crippen molar-refractivity contribution in [3.05, 3.63) is 63.2 Å². The second-order valence-electron chi connectivity index (χ2n) is 4.93. The summed E-state index contributed by atoms with van der Waals surface area (Å²) in [5.41, 5.74) is 0.241.